The van der Waals surface area contributed by atoms with Gasteiger partial charge in [0.2, 0.25) is 5.75 Å². The number of carbonyl (C=O) groups excluding carboxylic acids is 2. The second-order valence-corrected chi connectivity index (χ2v) is 9.39. The third-order valence-corrected chi connectivity index (χ3v) is 6.55. The summed E-state index contributed by atoms with van der Waals surface area (Å²) in [5.74, 6) is -2.15. The topological polar surface area (TPSA) is 102 Å². The van der Waals surface area contributed by atoms with Gasteiger partial charge in [-0.25, -0.2) is 0 Å². The Hall–Kier alpha value is -3.71. The number of amides is 2. The zero-order chi connectivity index (χ0) is 28.6. The molecule has 0 radical (unpaired) electrons. The number of rotatable bonds is 5. The second-order valence-electron chi connectivity index (χ2n) is 7.79. The van der Waals surface area contributed by atoms with Gasteiger partial charge in [0.15, 0.2) is 5.11 Å². The molecule has 200 valence electrons. The highest BCUT2D eigenvalue weighted by atomic mass is 35.5. The molecule has 0 atom stereocenters. The molecule has 1 N–H and O–H groups in total. The molecule has 0 spiro atoms. The molecule has 1 heterocycles. The standard InChI is InChI=1S/C24H11Cl3F3N3O5S/c25-15-4-3-13(10-16(15)26)32-22(35)14(21(34)31-23(32)39)7-11-1-5-19(17(27)8-11)38-20-6-2-12(24(28,29)30)9-18(20)33(36)37/h1-10H,(H,31,34,39)/b14-7+. The summed E-state index contributed by atoms with van der Waals surface area (Å²) in [4.78, 5) is 37.1. The fraction of sp³-hybridized carbons (Fsp3) is 0.0417. The van der Waals surface area contributed by atoms with E-state index in [4.69, 9.17) is 51.8 Å². The van der Waals surface area contributed by atoms with E-state index in [0.717, 1.165) is 11.0 Å². The van der Waals surface area contributed by atoms with Gasteiger partial charge in [-0.1, -0.05) is 40.9 Å². The van der Waals surface area contributed by atoms with Gasteiger partial charge in [-0.15, -0.1) is 0 Å². The molecule has 1 fully saturated rings. The van der Waals surface area contributed by atoms with Crippen molar-refractivity contribution in [3.8, 4) is 11.5 Å². The lowest BCUT2D eigenvalue weighted by atomic mass is 10.1. The first-order chi connectivity index (χ1) is 18.3. The van der Waals surface area contributed by atoms with Crippen molar-refractivity contribution in [1.29, 1.82) is 0 Å². The molecule has 15 heteroatoms. The Morgan fingerprint density at radius 1 is 0.949 bits per heavy atom. The Morgan fingerprint density at radius 3 is 2.26 bits per heavy atom. The van der Waals surface area contributed by atoms with Crippen molar-refractivity contribution in [3.05, 3.63) is 96.5 Å². The van der Waals surface area contributed by atoms with Crippen LogP contribution in [0.5, 0.6) is 11.5 Å². The SMILES string of the molecule is O=C1NC(=S)N(c2ccc(Cl)c(Cl)c2)C(=O)/C1=C/c1ccc(Oc2ccc(C(F)(F)F)cc2[N+](=O)[O-])c(Cl)c1. The van der Waals surface area contributed by atoms with E-state index in [-0.39, 0.29) is 42.8 Å². The predicted octanol–water partition coefficient (Wildman–Crippen LogP) is 7.20. The van der Waals surface area contributed by atoms with Crippen LogP contribution < -0.4 is 15.0 Å². The first kappa shape index (κ1) is 28.3. The van der Waals surface area contributed by atoms with Crippen molar-refractivity contribution >= 4 is 81.4 Å². The van der Waals surface area contributed by atoms with Gasteiger partial charge in [0.1, 0.15) is 11.3 Å². The Morgan fingerprint density at radius 2 is 1.64 bits per heavy atom. The Bertz CT molecular complexity index is 1600. The lowest BCUT2D eigenvalue weighted by Gasteiger charge is -2.29. The first-order valence-corrected chi connectivity index (χ1v) is 12.0. The van der Waals surface area contributed by atoms with Crippen molar-refractivity contribution in [1.82, 2.24) is 5.32 Å². The van der Waals surface area contributed by atoms with Gasteiger partial charge in [0, 0.05) is 6.07 Å². The number of hydrogen-bond donors (Lipinski definition) is 1. The van der Waals surface area contributed by atoms with E-state index in [1.807, 2.05) is 0 Å². The fourth-order valence-corrected chi connectivity index (χ4v) is 4.21. The molecule has 1 aliphatic heterocycles. The highest BCUT2D eigenvalue weighted by Crippen LogP contribution is 2.39. The van der Waals surface area contributed by atoms with E-state index >= 15 is 0 Å². The maximum atomic E-state index is 13.2. The number of nitrogens with zero attached hydrogens (tertiary/aromatic N) is 2. The molecule has 39 heavy (non-hydrogen) atoms. The monoisotopic (exact) mass is 615 g/mol. The zero-order valence-electron chi connectivity index (χ0n) is 18.9. The van der Waals surface area contributed by atoms with E-state index in [1.165, 1.54) is 42.5 Å². The van der Waals surface area contributed by atoms with Crippen molar-refractivity contribution < 1.29 is 32.4 Å². The summed E-state index contributed by atoms with van der Waals surface area (Å²) in [5, 5.41) is 13.8. The summed E-state index contributed by atoms with van der Waals surface area (Å²) in [6, 6.07) is 10.0. The van der Waals surface area contributed by atoms with Gasteiger partial charge in [-0.2, -0.15) is 13.2 Å². The maximum Gasteiger partial charge on any atom is 0.416 e. The van der Waals surface area contributed by atoms with Crippen LogP contribution in [0.2, 0.25) is 15.1 Å². The number of anilines is 1. The minimum absolute atomic E-state index is 0.112. The Balaban J connectivity index is 1.64. The minimum Gasteiger partial charge on any atom is -0.449 e. The van der Waals surface area contributed by atoms with Crippen molar-refractivity contribution in [2.75, 3.05) is 4.90 Å². The number of nitrogens with one attached hydrogen (secondary N) is 1. The van der Waals surface area contributed by atoms with Gasteiger partial charge < -0.3 is 4.74 Å². The average Bonchev–Trinajstić information content (AvgIpc) is 2.84. The number of benzene rings is 3. The number of halogens is 6. The van der Waals surface area contributed by atoms with Crippen LogP contribution in [0.15, 0.2) is 60.2 Å². The molecule has 4 rings (SSSR count). The minimum atomic E-state index is -4.79. The van der Waals surface area contributed by atoms with Crippen molar-refractivity contribution in [2.45, 2.75) is 6.18 Å². The summed E-state index contributed by atoms with van der Waals surface area (Å²) < 4.78 is 44.3. The van der Waals surface area contributed by atoms with Gasteiger partial charge >= 0.3 is 11.9 Å². The zero-order valence-corrected chi connectivity index (χ0v) is 22.0. The molecule has 1 aliphatic rings. The lowest BCUT2D eigenvalue weighted by Crippen LogP contribution is -2.54. The van der Waals surface area contributed by atoms with E-state index < -0.39 is 39.9 Å². The quantitative estimate of drug-likeness (QED) is 0.107. The molecule has 0 saturated carbocycles. The molecule has 2 amide bonds. The first-order valence-electron chi connectivity index (χ1n) is 10.5. The number of carbonyl (C=O) groups is 2. The van der Waals surface area contributed by atoms with Crippen LogP contribution in [0, 0.1) is 10.1 Å². The third kappa shape index (κ3) is 5.98. The number of nitro groups is 1. The predicted molar refractivity (Wildman–Crippen MR) is 142 cm³/mol. The van der Waals surface area contributed by atoms with Crippen molar-refractivity contribution in [3.63, 3.8) is 0 Å². The second kappa shape index (κ2) is 10.8. The summed E-state index contributed by atoms with van der Waals surface area (Å²) in [6.07, 6.45) is -3.57. The molecule has 0 bridgehead atoms. The summed E-state index contributed by atoms with van der Waals surface area (Å²) in [6.45, 7) is 0. The molecular weight excluding hydrogens is 606 g/mol. The van der Waals surface area contributed by atoms with Crippen LogP contribution in [0.1, 0.15) is 11.1 Å². The maximum absolute atomic E-state index is 13.2. The summed E-state index contributed by atoms with van der Waals surface area (Å²) >= 11 is 23.3. The number of hydrogen-bond acceptors (Lipinski definition) is 6. The molecule has 0 unspecified atom stereocenters. The summed E-state index contributed by atoms with van der Waals surface area (Å²) in [7, 11) is 0. The number of alkyl halides is 3. The van der Waals surface area contributed by atoms with E-state index in [1.54, 1.807) is 0 Å². The van der Waals surface area contributed by atoms with E-state index in [9.17, 15) is 32.9 Å². The third-order valence-electron chi connectivity index (χ3n) is 5.23. The smallest absolute Gasteiger partial charge is 0.416 e. The van der Waals surface area contributed by atoms with Gasteiger partial charge in [0.05, 0.1) is 31.2 Å². The molecule has 0 aliphatic carbocycles. The lowest BCUT2D eigenvalue weighted by molar-refractivity contribution is -0.385. The molecule has 8 nitrogen and oxygen atoms in total. The fourth-order valence-electron chi connectivity index (χ4n) is 3.41. The normalized spacial score (nSPS) is 15.0. The molecular formula is C24H11Cl3F3N3O5S. The molecule has 3 aromatic rings. The van der Waals surface area contributed by atoms with Crippen LogP contribution >= 0.6 is 47.0 Å². The van der Waals surface area contributed by atoms with Crippen LogP contribution in [0.4, 0.5) is 24.5 Å². The highest BCUT2D eigenvalue weighted by molar-refractivity contribution is 7.80. The largest absolute Gasteiger partial charge is 0.449 e. The number of nitro benzene ring substituents is 1. The van der Waals surface area contributed by atoms with Gasteiger partial charge in [-0.05, 0) is 66.3 Å². The van der Waals surface area contributed by atoms with Crippen LogP contribution in [0.3, 0.4) is 0 Å². The Labute approximate surface area is 237 Å². The van der Waals surface area contributed by atoms with Gasteiger partial charge in [0.25, 0.3) is 11.8 Å². The van der Waals surface area contributed by atoms with Gasteiger partial charge in [-0.3, -0.25) is 29.9 Å². The summed E-state index contributed by atoms with van der Waals surface area (Å²) in [5.41, 5.74) is -1.94. The van der Waals surface area contributed by atoms with E-state index in [0.29, 0.717) is 12.1 Å². The average molecular weight is 617 g/mol. The van der Waals surface area contributed by atoms with Crippen LogP contribution in [-0.2, 0) is 15.8 Å². The van der Waals surface area contributed by atoms with Crippen LogP contribution in [-0.4, -0.2) is 21.9 Å². The van der Waals surface area contributed by atoms with Crippen molar-refractivity contribution in [2.24, 2.45) is 0 Å². The molecule has 3 aromatic carbocycles. The Kier molecular flexibility index (Phi) is 7.84. The molecule has 1 saturated heterocycles. The van der Waals surface area contributed by atoms with Crippen LogP contribution in [0.25, 0.3) is 6.08 Å². The number of thiocarbonyl (C=S) groups is 1. The van der Waals surface area contributed by atoms with E-state index in [2.05, 4.69) is 5.32 Å². The molecule has 0 aromatic heterocycles. The number of ether oxygens (including phenoxy) is 1. The highest BCUT2D eigenvalue weighted by Gasteiger charge is 2.35.